The van der Waals surface area contributed by atoms with Crippen molar-refractivity contribution in [3.8, 4) is 0 Å². The molecule has 1 rings (SSSR count). The highest BCUT2D eigenvalue weighted by Gasteiger charge is 1.89. The SMILES string of the molecule is C=C(C)C.Cc1cccc(CN=O)c1. The van der Waals surface area contributed by atoms with E-state index in [1.807, 2.05) is 45.0 Å². The van der Waals surface area contributed by atoms with Crippen LogP contribution in [-0.4, -0.2) is 0 Å². The molecule has 0 saturated heterocycles. The summed E-state index contributed by atoms with van der Waals surface area (Å²) in [5.74, 6) is 0. The van der Waals surface area contributed by atoms with Gasteiger partial charge in [-0.3, -0.25) is 0 Å². The van der Waals surface area contributed by atoms with Crippen LogP contribution in [-0.2, 0) is 6.54 Å². The lowest BCUT2D eigenvalue weighted by Crippen LogP contribution is -1.80. The lowest BCUT2D eigenvalue weighted by molar-refractivity contribution is 1.05. The van der Waals surface area contributed by atoms with Gasteiger partial charge in [-0.25, -0.2) is 0 Å². The van der Waals surface area contributed by atoms with E-state index >= 15 is 0 Å². The topological polar surface area (TPSA) is 29.4 Å². The van der Waals surface area contributed by atoms with E-state index in [0.717, 1.165) is 5.56 Å². The molecule has 76 valence electrons. The van der Waals surface area contributed by atoms with Gasteiger partial charge < -0.3 is 0 Å². The first-order valence-corrected chi connectivity index (χ1v) is 4.53. The summed E-state index contributed by atoms with van der Waals surface area (Å²) in [5, 5.41) is 2.80. The molecular weight excluding hydrogens is 174 g/mol. The van der Waals surface area contributed by atoms with Crippen molar-refractivity contribution in [2.45, 2.75) is 27.3 Å². The fourth-order valence-corrected chi connectivity index (χ4v) is 0.885. The summed E-state index contributed by atoms with van der Waals surface area (Å²) in [6.45, 7) is 9.77. The molecule has 2 heteroatoms. The Hall–Kier alpha value is -1.44. The number of aryl methyl sites for hydroxylation is 1. The molecule has 0 amide bonds. The molecule has 0 aliphatic heterocycles. The van der Waals surface area contributed by atoms with E-state index in [1.54, 1.807) is 0 Å². The summed E-state index contributed by atoms with van der Waals surface area (Å²) >= 11 is 0. The second kappa shape index (κ2) is 7.01. The van der Waals surface area contributed by atoms with Crippen LogP contribution in [0.3, 0.4) is 0 Å². The van der Waals surface area contributed by atoms with E-state index in [4.69, 9.17) is 0 Å². The zero-order valence-corrected chi connectivity index (χ0v) is 9.08. The van der Waals surface area contributed by atoms with Crippen molar-refractivity contribution < 1.29 is 0 Å². The summed E-state index contributed by atoms with van der Waals surface area (Å²) in [5.41, 5.74) is 3.32. The van der Waals surface area contributed by atoms with Gasteiger partial charge in [-0.15, -0.1) is 6.58 Å². The molecule has 0 bridgehead atoms. The van der Waals surface area contributed by atoms with Gasteiger partial charge in [0.05, 0.1) is 0 Å². The first-order chi connectivity index (χ1) is 6.56. The minimum Gasteiger partial charge on any atom is -0.150 e. The molecule has 0 fully saturated rings. The first kappa shape index (κ1) is 12.6. The van der Waals surface area contributed by atoms with Crippen LogP contribution in [0.1, 0.15) is 25.0 Å². The number of rotatable bonds is 2. The van der Waals surface area contributed by atoms with Gasteiger partial charge >= 0.3 is 0 Å². The number of hydrogen-bond donors (Lipinski definition) is 0. The maximum Gasteiger partial charge on any atom is 0.106 e. The first-order valence-electron chi connectivity index (χ1n) is 4.53. The summed E-state index contributed by atoms with van der Waals surface area (Å²) in [7, 11) is 0. The highest BCUT2D eigenvalue weighted by Crippen LogP contribution is 2.04. The average Bonchev–Trinajstić information content (AvgIpc) is 2.03. The second-order valence-electron chi connectivity index (χ2n) is 3.48. The summed E-state index contributed by atoms with van der Waals surface area (Å²) in [4.78, 5) is 9.84. The highest BCUT2D eigenvalue weighted by atomic mass is 16.3. The van der Waals surface area contributed by atoms with Crippen LogP contribution in [0.2, 0.25) is 0 Å². The maximum absolute atomic E-state index is 9.84. The molecule has 1 aromatic carbocycles. The van der Waals surface area contributed by atoms with E-state index in [-0.39, 0.29) is 6.54 Å². The van der Waals surface area contributed by atoms with Crippen LogP contribution in [0.4, 0.5) is 0 Å². The molecule has 0 atom stereocenters. The molecule has 1 aromatic rings. The smallest absolute Gasteiger partial charge is 0.106 e. The molecule has 0 N–H and O–H groups in total. The van der Waals surface area contributed by atoms with Gasteiger partial charge in [0.25, 0.3) is 0 Å². The van der Waals surface area contributed by atoms with Gasteiger partial charge in [-0.2, -0.15) is 4.91 Å². The fraction of sp³-hybridized carbons (Fsp3) is 0.333. The van der Waals surface area contributed by atoms with Crippen LogP contribution in [0.25, 0.3) is 0 Å². The molecule has 0 aliphatic carbocycles. The van der Waals surface area contributed by atoms with E-state index in [0.29, 0.717) is 0 Å². The Balaban J connectivity index is 0.000000364. The van der Waals surface area contributed by atoms with Crippen LogP contribution in [0.15, 0.2) is 41.6 Å². The molecule has 0 saturated carbocycles. The molecule has 0 aromatic heterocycles. The number of allylic oxidation sites excluding steroid dienone is 1. The third-order valence-corrected chi connectivity index (χ3v) is 1.33. The van der Waals surface area contributed by atoms with Crippen molar-refractivity contribution in [1.82, 2.24) is 0 Å². The molecular formula is C12H17NO. The molecule has 2 nitrogen and oxygen atoms in total. The van der Waals surface area contributed by atoms with Gasteiger partial charge in [0.1, 0.15) is 6.54 Å². The van der Waals surface area contributed by atoms with E-state index < -0.39 is 0 Å². The van der Waals surface area contributed by atoms with Crippen molar-refractivity contribution >= 4 is 0 Å². The lowest BCUT2D eigenvalue weighted by Gasteiger charge is -1.94. The molecule has 0 unspecified atom stereocenters. The normalized spacial score (nSPS) is 8.50. The Kier molecular flexibility index (Phi) is 6.29. The number of hydrogen-bond acceptors (Lipinski definition) is 2. The summed E-state index contributed by atoms with van der Waals surface area (Å²) < 4.78 is 0. The van der Waals surface area contributed by atoms with Gasteiger partial charge in [0.15, 0.2) is 0 Å². The monoisotopic (exact) mass is 191 g/mol. The van der Waals surface area contributed by atoms with Gasteiger partial charge in [-0.1, -0.05) is 40.6 Å². The molecule has 0 spiro atoms. The average molecular weight is 191 g/mol. The molecule has 0 heterocycles. The van der Waals surface area contributed by atoms with Crippen LogP contribution >= 0.6 is 0 Å². The van der Waals surface area contributed by atoms with Crippen LogP contribution < -0.4 is 0 Å². The van der Waals surface area contributed by atoms with E-state index in [9.17, 15) is 4.91 Å². The Morgan fingerprint density at radius 3 is 2.43 bits per heavy atom. The maximum atomic E-state index is 9.84. The predicted molar refractivity (Wildman–Crippen MR) is 61.2 cm³/mol. The van der Waals surface area contributed by atoms with Crippen molar-refractivity contribution in [2.75, 3.05) is 0 Å². The third kappa shape index (κ3) is 7.22. The Labute approximate surface area is 85.6 Å². The third-order valence-electron chi connectivity index (χ3n) is 1.33. The summed E-state index contributed by atoms with van der Waals surface area (Å²) in [6, 6.07) is 7.78. The van der Waals surface area contributed by atoms with E-state index in [2.05, 4.69) is 11.8 Å². The Bertz CT molecular complexity index is 301. The Morgan fingerprint density at radius 1 is 1.43 bits per heavy atom. The lowest BCUT2D eigenvalue weighted by atomic mass is 10.1. The fourth-order valence-electron chi connectivity index (χ4n) is 0.885. The second-order valence-corrected chi connectivity index (χ2v) is 3.48. The van der Waals surface area contributed by atoms with Crippen LogP contribution in [0.5, 0.6) is 0 Å². The van der Waals surface area contributed by atoms with Gasteiger partial charge in [-0.05, 0) is 26.3 Å². The standard InChI is InChI=1S/C8H9NO.C4H8/c1-7-3-2-4-8(5-7)6-9-10;1-4(2)3/h2-5H,6H2,1H3;1H2,2-3H3. The van der Waals surface area contributed by atoms with Crippen molar-refractivity contribution in [2.24, 2.45) is 5.18 Å². The number of nitroso groups, excluding NO2 is 1. The quantitative estimate of drug-likeness (QED) is 0.515. The minimum atomic E-state index is 0.279. The number of benzene rings is 1. The molecule has 0 radical (unpaired) electrons. The Morgan fingerprint density at radius 2 is 2.00 bits per heavy atom. The van der Waals surface area contributed by atoms with Crippen LogP contribution in [0, 0.1) is 11.8 Å². The highest BCUT2D eigenvalue weighted by molar-refractivity contribution is 5.21. The van der Waals surface area contributed by atoms with E-state index in [1.165, 1.54) is 11.1 Å². The van der Waals surface area contributed by atoms with Crippen molar-refractivity contribution in [3.63, 3.8) is 0 Å². The summed E-state index contributed by atoms with van der Waals surface area (Å²) in [6.07, 6.45) is 0. The molecule has 0 aliphatic rings. The van der Waals surface area contributed by atoms with Gasteiger partial charge in [0.2, 0.25) is 0 Å². The zero-order chi connectivity index (χ0) is 11.0. The predicted octanol–water partition coefficient (Wildman–Crippen LogP) is 3.84. The van der Waals surface area contributed by atoms with Crippen molar-refractivity contribution in [1.29, 1.82) is 0 Å². The van der Waals surface area contributed by atoms with Crippen molar-refractivity contribution in [3.05, 3.63) is 52.5 Å². The van der Waals surface area contributed by atoms with Gasteiger partial charge in [0, 0.05) is 0 Å². The number of nitrogens with zero attached hydrogens (tertiary/aromatic N) is 1. The minimum absolute atomic E-state index is 0.279. The molecule has 14 heavy (non-hydrogen) atoms. The zero-order valence-electron chi connectivity index (χ0n) is 9.08. The largest absolute Gasteiger partial charge is 0.150 e.